The van der Waals surface area contributed by atoms with Crippen molar-refractivity contribution in [2.75, 3.05) is 37.7 Å². The van der Waals surface area contributed by atoms with Gasteiger partial charge in [-0.15, -0.1) is 0 Å². The topological polar surface area (TPSA) is 15.3 Å². The number of rotatable bonds is 4. The Bertz CT molecular complexity index is 148. The van der Waals surface area contributed by atoms with E-state index in [1.165, 1.54) is 37.6 Å². The largest absolute Gasteiger partial charge is 0.312 e. The Morgan fingerprint density at radius 3 is 2.43 bits per heavy atom. The molecule has 0 amide bonds. The molecule has 1 fully saturated rings. The highest BCUT2D eigenvalue weighted by Crippen LogP contribution is 2.09. The van der Waals surface area contributed by atoms with Crippen molar-refractivity contribution >= 4 is 11.8 Å². The molecule has 1 aliphatic heterocycles. The van der Waals surface area contributed by atoms with E-state index in [0.717, 1.165) is 6.54 Å². The SMILES string of the molecule is CC(C)(C)NCCCN1CCSCC1. The molecule has 2 nitrogen and oxygen atoms in total. The molecule has 0 spiro atoms. The Kier molecular flexibility index (Phi) is 5.28. The first-order valence-corrected chi connectivity index (χ1v) is 6.78. The number of thioether (sulfide) groups is 1. The maximum absolute atomic E-state index is 3.53. The lowest BCUT2D eigenvalue weighted by molar-refractivity contribution is 0.290. The van der Waals surface area contributed by atoms with Crippen molar-refractivity contribution in [2.24, 2.45) is 0 Å². The van der Waals surface area contributed by atoms with Gasteiger partial charge in [0.1, 0.15) is 0 Å². The van der Waals surface area contributed by atoms with Crippen molar-refractivity contribution in [2.45, 2.75) is 32.7 Å². The molecule has 0 aromatic carbocycles. The third-order valence-corrected chi connectivity index (χ3v) is 3.35. The lowest BCUT2D eigenvalue weighted by Gasteiger charge is -2.27. The lowest BCUT2D eigenvalue weighted by Crippen LogP contribution is -2.39. The Labute approximate surface area is 92.8 Å². The molecule has 0 atom stereocenters. The fourth-order valence-electron chi connectivity index (χ4n) is 1.59. The van der Waals surface area contributed by atoms with Crippen LogP contribution in [-0.4, -0.2) is 48.1 Å². The van der Waals surface area contributed by atoms with Gasteiger partial charge < -0.3 is 10.2 Å². The molecule has 1 heterocycles. The van der Waals surface area contributed by atoms with Gasteiger partial charge >= 0.3 is 0 Å². The monoisotopic (exact) mass is 216 g/mol. The summed E-state index contributed by atoms with van der Waals surface area (Å²) in [5.41, 5.74) is 0.276. The zero-order chi connectivity index (χ0) is 10.4. The highest BCUT2D eigenvalue weighted by Gasteiger charge is 2.11. The van der Waals surface area contributed by atoms with Gasteiger partial charge in [0.25, 0.3) is 0 Å². The second-order valence-corrected chi connectivity index (χ2v) is 6.21. The van der Waals surface area contributed by atoms with Gasteiger partial charge in [0.05, 0.1) is 0 Å². The van der Waals surface area contributed by atoms with Gasteiger partial charge in [0, 0.05) is 30.1 Å². The first-order valence-electron chi connectivity index (χ1n) is 5.63. The highest BCUT2D eigenvalue weighted by atomic mass is 32.2. The van der Waals surface area contributed by atoms with Gasteiger partial charge in [-0.1, -0.05) is 0 Å². The van der Waals surface area contributed by atoms with Crippen LogP contribution in [0.4, 0.5) is 0 Å². The van der Waals surface area contributed by atoms with Crippen LogP contribution in [0.2, 0.25) is 0 Å². The van der Waals surface area contributed by atoms with Crippen molar-refractivity contribution in [3.63, 3.8) is 0 Å². The quantitative estimate of drug-likeness (QED) is 0.722. The minimum Gasteiger partial charge on any atom is -0.312 e. The minimum absolute atomic E-state index is 0.276. The van der Waals surface area contributed by atoms with Crippen LogP contribution in [0, 0.1) is 0 Å². The van der Waals surface area contributed by atoms with Crippen LogP contribution in [0.5, 0.6) is 0 Å². The smallest absolute Gasteiger partial charge is 0.00965 e. The average molecular weight is 216 g/mol. The normalized spacial score (nSPS) is 19.9. The summed E-state index contributed by atoms with van der Waals surface area (Å²) in [7, 11) is 0. The number of hydrogen-bond acceptors (Lipinski definition) is 3. The van der Waals surface area contributed by atoms with Crippen LogP contribution in [0.1, 0.15) is 27.2 Å². The van der Waals surface area contributed by atoms with E-state index in [0.29, 0.717) is 0 Å². The summed E-state index contributed by atoms with van der Waals surface area (Å²) in [4.78, 5) is 2.58. The van der Waals surface area contributed by atoms with E-state index in [9.17, 15) is 0 Å². The van der Waals surface area contributed by atoms with Crippen molar-refractivity contribution in [3.05, 3.63) is 0 Å². The van der Waals surface area contributed by atoms with Gasteiger partial charge in [-0.25, -0.2) is 0 Å². The molecule has 84 valence electrons. The van der Waals surface area contributed by atoms with Crippen LogP contribution < -0.4 is 5.32 Å². The lowest BCUT2D eigenvalue weighted by atomic mass is 10.1. The molecule has 1 rings (SSSR count). The minimum atomic E-state index is 0.276. The molecular weight excluding hydrogens is 192 g/mol. The van der Waals surface area contributed by atoms with Crippen molar-refractivity contribution in [1.82, 2.24) is 10.2 Å². The molecule has 1 aliphatic rings. The molecule has 1 saturated heterocycles. The van der Waals surface area contributed by atoms with Crippen LogP contribution >= 0.6 is 11.8 Å². The van der Waals surface area contributed by atoms with E-state index < -0.39 is 0 Å². The Morgan fingerprint density at radius 2 is 1.86 bits per heavy atom. The van der Waals surface area contributed by atoms with Crippen molar-refractivity contribution in [1.29, 1.82) is 0 Å². The summed E-state index contributed by atoms with van der Waals surface area (Å²) in [5, 5.41) is 3.53. The molecule has 0 saturated carbocycles. The molecule has 0 aromatic heterocycles. The third-order valence-electron chi connectivity index (χ3n) is 2.41. The van der Waals surface area contributed by atoms with Crippen LogP contribution in [0.25, 0.3) is 0 Å². The summed E-state index contributed by atoms with van der Waals surface area (Å²) < 4.78 is 0. The highest BCUT2D eigenvalue weighted by molar-refractivity contribution is 7.99. The molecule has 0 aromatic rings. The summed E-state index contributed by atoms with van der Waals surface area (Å²) in [5.74, 6) is 2.65. The second-order valence-electron chi connectivity index (χ2n) is 4.98. The standard InChI is InChI=1S/C11H24N2S/c1-11(2,3)12-5-4-6-13-7-9-14-10-8-13/h12H,4-10H2,1-3H3. The van der Waals surface area contributed by atoms with E-state index in [1.807, 2.05) is 0 Å². The van der Waals surface area contributed by atoms with Crippen LogP contribution in [0.3, 0.4) is 0 Å². The fraction of sp³-hybridized carbons (Fsp3) is 1.00. The van der Waals surface area contributed by atoms with E-state index in [-0.39, 0.29) is 5.54 Å². The molecule has 0 bridgehead atoms. The number of nitrogens with one attached hydrogen (secondary N) is 1. The maximum Gasteiger partial charge on any atom is 0.00965 e. The first-order chi connectivity index (χ1) is 6.58. The van der Waals surface area contributed by atoms with Crippen LogP contribution in [0.15, 0.2) is 0 Å². The molecule has 14 heavy (non-hydrogen) atoms. The predicted octanol–water partition coefficient (Wildman–Crippen LogP) is 1.81. The maximum atomic E-state index is 3.53. The molecular formula is C11H24N2S. The zero-order valence-electron chi connectivity index (χ0n) is 9.81. The van der Waals surface area contributed by atoms with E-state index in [2.05, 4.69) is 42.7 Å². The Hall–Kier alpha value is 0.270. The van der Waals surface area contributed by atoms with E-state index >= 15 is 0 Å². The van der Waals surface area contributed by atoms with Crippen molar-refractivity contribution in [3.8, 4) is 0 Å². The summed E-state index contributed by atoms with van der Waals surface area (Å²) in [6, 6.07) is 0. The van der Waals surface area contributed by atoms with Gasteiger partial charge in [0.2, 0.25) is 0 Å². The average Bonchev–Trinajstić information content (AvgIpc) is 2.13. The number of hydrogen-bond donors (Lipinski definition) is 1. The molecule has 0 aliphatic carbocycles. The second kappa shape index (κ2) is 5.99. The van der Waals surface area contributed by atoms with Gasteiger partial charge in [-0.2, -0.15) is 11.8 Å². The van der Waals surface area contributed by atoms with Gasteiger partial charge in [-0.3, -0.25) is 0 Å². The fourth-order valence-corrected chi connectivity index (χ4v) is 2.57. The molecule has 3 heteroatoms. The summed E-state index contributed by atoms with van der Waals surface area (Å²) >= 11 is 2.08. The van der Waals surface area contributed by atoms with Gasteiger partial charge in [-0.05, 0) is 40.3 Å². The van der Waals surface area contributed by atoms with Crippen molar-refractivity contribution < 1.29 is 0 Å². The van der Waals surface area contributed by atoms with E-state index in [4.69, 9.17) is 0 Å². The molecule has 0 radical (unpaired) electrons. The third kappa shape index (κ3) is 5.89. The first kappa shape index (κ1) is 12.3. The zero-order valence-corrected chi connectivity index (χ0v) is 10.6. The van der Waals surface area contributed by atoms with Crippen LogP contribution in [-0.2, 0) is 0 Å². The molecule has 1 N–H and O–H groups in total. The van der Waals surface area contributed by atoms with E-state index in [1.54, 1.807) is 0 Å². The molecule has 0 unspecified atom stereocenters. The Morgan fingerprint density at radius 1 is 1.21 bits per heavy atom. The summed E-state index contributed by atoms with van der Waals surface area (Å²) in [6.45, 7) is 11.7. The van der Waals surface area contributed by atoms with Gasteiger partial charge in [0.15, 0.2) is 0 Å². The summed E-state index contributed by atoms with van der Waals surface area (Å²) in [6.07, 6.45) is 1.28. The predicted molar refractivity (Wildman–Crippen MR) is 66.1 cm³/mol. The number of nitrogens with zero attached hydrogens (tertiary/aromatic N) is 1. The Balaban J connectivity index is 1.97.